The number of anilines is 1. The number of hydrogen-bond acceptors (Lipinski definition) is 5. The number of primary amides is 1. The summed E-state index contributed by atoms with van der Waals surface area (Å²) in [4.78, 5) is 14.7. The Labute approximate surface area is 113 Å². The quantitative estimate of drug-likeness (QED) is 0.702. The van der Waals surface area contributed by atoms with E-state index in [9.17, 15) is 13.2 Å². The van der Waals surface area contributed by atoms with Crippen molar-refractivity contribution in [1.29, 1.82) is 0 Å². The highest BCUT2D eigenvalue weighted by atomic mass is 79.9. The van der Waals surface area contributed by atoms with Crippen molar-refractivity contribution >= 4 is 37.7 Å². The van der Waals surface area contributed by atoms with E-state index in [0.717, 1.165) is 0 Å². The minimum Gasteiger partial charge on any atom is -0.372 e. The predicted molar refractivity (Wildman–Crippen MR) is 70.5 cm³/mol. The van der Waals surface area contributed by atoms with E-state index in [1.807, 2.05) is 0 Å². The van der Waals surface area contributed by atoms with E-state index in [1.54, 1.807) is 7.05 Å². The molecule has 0 spiro atoms. The van der Waals surface area contributed by atoms with Gasteiger partial charge in [0.05, 0.1) is 6.04 Å². The zero-order valence-corrected chi connectivity index (χ0v) is 12.2. The van der Waals surface area contributed by atoms with Gasteiger partial charge in [0.15, 0.2) is 0 Å². The highest BCUT2D eigenvalue weighted by molar-refractivity contribution is 9.10. The highest BCUT2D eigenvalue weighted by Crippen LogP contribution is 2.22. The second kappa shape index (κ2) is 5.63. The fourth-order valence-corrected chi connectivity index (χ4v) is 3.05. The summed E-state index contributed by atoms with van der Waals surface area (Å²) in [5, 5.41) is 2.66. The van der Waals surface area contributed by atoms with Crippen LogP contribution in [0.15, 0.2) is 21.6 Å². The summed E-state index contributed by atoms with van der Waals surface area (Å²) in [5.74, 6) is -0.574. The molecule has 0 bridgehead atoms. The van der Waals surface area contributed by atoms with Crippen LogP contribution < -0.4 is 15.8 Å². The topological polar surface area (TPSA) is 114 Å². The van der Waals surface area contributed by atoms with Crippen LogP contribution in [0.3, 0.4) is 0 Å². The molecule has 1 heterocycles. The van der Waals surface area contributed by atoms with Crippen molar-refractivity contribution in [2.24, 2.45) is 5.73 Å². The lowest BCUT2D eigenvalue weighted by atomic mass is 10.4. The Morgan fingerprint density at radius 2 is 2.17 bits per heavy atom. The maximum atomic E-state index is 12.1. The summed E-state index contributed by atoms with van der Waals surface area (Å²) in [7, 11) is -2.33. The average molecular weight is 337 g/mol. The first kappa shape index (κ1) is 14.9. The first-order valence-electron chi connectivity index (χ1n) is 4.93. The Bertz CT molecular complexity index is 561. The Morgan fingerprint density at radius 1 is 1.56 bits per heavy atom. The SMILES string of the molecule is CNc1ncc(Br)cc1S(=O)(=O)NC(C)C(N)=O. The van der Waals surface area contributed by atoms with E-state index in [0.29, 0.717) is 4.47 Å². The van der Waals surface area contributed by atoms with Crippen LogP contribution in [0.25, 0.3) is 0 Å². The van der Waals surface area contributed by atoms with Crippen molar-refractivity contribution in [2.75, 3.05) is 12.4 Å². The molecular formula is C9H13BrN4O3S. The summed E-state index contributed by atoms with van der Waals surface area (Å²) in [6.07, 6.45) is 1.46. The summed E-state index contributed by atoms with van der Waals surface area (Å²) < 4.78 is 26.8. The second-order valence-corrected chi connectivity index (χ2v) is 6.09. The maximum absolute atomic E-state index is 12.1. The molecule has 1 rings (SSSR count). The number of hydrogen-bond donors (Lipinski definition) is 3. The predicted octanol–water partition coefficient (Wildman–Crippen LogP) is 0.0379. The number of rotatable bonds is 5. The van der Waals surface area contributed by atoms with Gasteiger partial charge in [0.2, 0.25) is 15.9 Å². The van der Waals surface area contributed by atoms with E-state index >= 15 is 0 Å². The fourth-order valence-electron chi connectivity index (χ4n) is 1.17. The monoisotopic (exact) mass is 336 g/mol. The van der Waals surface area contributed by atoms with Crippen LogP contribution in [-0.4, -0.2) is 32.4 Å². The molecule has 100 valence electrons. The third-order valence-corrected chi connectivity index (χ3v) is 4.09. The number of nitrogens with one attached hydrogen (secondary N) is 2. The van der Waals surface area contributed by atoms with Gasteiger partial charge < -0.3 is 11.1 Å². The smallest absolute Gasteiger partial charge is 0.244 e. The second-order valence-electron chi connectivity index (χ2n) is 3.50. The molecule has 0 saturated carbocycles. The van der Waals surface area contributed by atoms with Crippen molar-refractivity contribution in [3.05, 3.63) is 16.7 Å². The first-order chi connectivity index (χ1) is 8.27. The summed E-state index contributed by atoms with van der Waals surface area (Å²) in [6, 6.07) is 0.383. The number of sulfonamides is 1. The molecule has 0 aliphatic carbocycles. The number of aromatic nitrogens is 1. The molecule has 0 aliphatic heterocycles. The van der Waals surface area contributed by atoms with Crippen molar-refractivity contribution in [3.63, 3.8) is 0 Å². The molecule has 0 aliphatic rings. The molecule has 4 N–H and O–H groups in total. The molecule has 18 heavy (non-hydrogen) atoms. The minimum absolute atomic E-state index is 0.0625. The molecule has 0 aromatic carbocycles. The van der Waals surface area contributed by atoms with Crippen molar-refractivity contribution < 1.29 is 13.2 Å². The van der Waals surface area contributed by atoms with Crippen LogP contribution in [0.2, 0.25) is 0 Å². The lowest BCUT2D eigenvalue weighted by Crippen LogP contribution is -2.42. The van der Waals surface area contributed by atoms with Crippen molar-refractivity contribution in [3.8, 4) is 0 Å². The van der Waals surface area contributed by atoms with E-state index in [4.69, 9.17) is 5.73 Å². The number of nitrogens with two attached hydrogens (primary N) is 1. The summed E-state index contributed by atoms with van der Waals surface area (Å²) in [6.45, 7) is 1.37. The van der Waals surface area contributed by atoms with Gasteiger partial charge in [-0.1, -0.05) is 0 Å². The lowest BCUT2D eigenvalue weighted by Gasteiger charge is -2.13. The van der Waals surface area contributed by atoms with Gasteiger partial charge in [-0.25, -0.2) is 13.4 Å². The molecule has 0 radical (unpaired) electrons. The zero-order valence-electron chi connectivity index (χ0n) is 9.77. The third kappa shape index (κ3) is 3.40. The van der Waals surface area contributed by atoms with Gasteiger partial charge in [0.25, 0.3) is 0 Å². The Hall–Kier alpha value is -1.19. The van der Waals surface area contributed by atoms with Gasteiger partial charge in [0.1, 0.15) is 10.7 Å². The van der Waals surface area contributed by atoms with E-state index in [1.165, 1.54) is 19.2 Å². The molecule has 1 aromatic heterocycles. The molecule has 0 fully saturated rings. The standard InChI is InChI=1S/C9H13BrN4O3S/c1-5(8(11)15)14-18(16,17)7-3-6(10)4-13-9(7)12-2/h3-5,14H,1-2H3,(H2,11,15)(H,12,13). The number of pyridine rings is 1. The molecule has 1 unspecified atom stereocenters. The Balaban J connectivity index is 3.19. The number of halogens is 1. The largest absolute Gasteiger partial charge is 0.372 e. The van der Waals surface area contributed by atoms with E-state index in [-0.39, 0.29) is 10.7 Å². The van der Waals surface area contributed by atoms with Crippen LogP contribution in [-0.2, 0) is 14.8 Å². The zero-order chi connectivity index (χ0) is 13.9. The third-order valence-electron chi connectivity index (χ3n) is 2.10. The van der Waals surface area contributed by atoms with Gasteiger partial charge in [-0.05, 0) is 28.9 Å². The van der Waals surface area contributed by atoms with Gasteiger partial charge in [-0.3, -0.25) is 4.79 Å². The molecular weight excluding hydrogens is 324 g/mol. The number of nitrogens with zero attached hydrogens (tertiary/aromatic N) is 1. The lowest BCUT2D eigenvalue weighted by molar-refractivity contribution is -0.119. The van der Waals surface area contributed by atoms with Gasteiger partial charge in [-0.15, -0.1) is 0 Å². The fraction of sp³-hybridized carbons (Fsp3) is 0.333. The molecule has 0 saturated heterocycles. The van der Waals surface area contributed by atoms with Crippen LogP contribution >= 0.6 is 15.9 Å². The molecule has 1 amide bonds. The van der Waals surface area contributed by atoms with E-state index in [2.05, 4.69) is 31.0 Å². The first-order valence-corrected chi connectivity index (χ1v) is 7.20. The van der Waals surface area contributed by atoms with Crippen molar-refractivity contribution in [2.45, 2.75) is 17.9 Å². The van der Waals surface area contributed by atoms with Crippen LogP contribution in [0, 0.1) is 0 Å². The molecule has 7 nitrogen and oxygen atoms in total. The van der Waals surface area contributed by atoms with E-state index < -0.39 is 22.0 Å². The minimum atomic E-state index is -3.88. The normalized spacial score (nSPS) is 13.1. The molecule has 1 atom stereocenters. The Morgan fingerprint density at radius 3 is 2.67 bits per heavy atom. The summed E-state index contributed by atoms with van der Waals surface area (Å²) >= 11 is 3.14. The van der Waals surface area contributed by atoms with Crippen LogP contribution in [0.4, 0.5) is 5.82 Å². The summed E-state index contributed by atoms with van der Waals surface area (Å²) in [5.41, 5.74) is 5.02. The van der Waals surface area contributed by atoms with Crippen LogP contribution in [0.1, 0.15) is 6.92 Å². The average Bonchev–Trinajstić information content (AvgIpc) is 2.28. The number of carbonyl (C=O) groups is 1. The number of amides is 1. The van der Waals surface area contributed by atoms with Gasteiger partial charge in [0, 0.05) is 17.7 Å². The Kier molecular flexibility index (Phi) is 4.65. The van der Waals surface area contributed by atoms with Gasteiger partial charge in [-0.2, -0.15) is 4.72 Å². The van der Waals surface area contributed by atoms with Crippen LogP contribution in [0.5, 0.6) is 0 Å². The van der Waals surface area contributed by atoms with Crippen molar-refractivity contribution in [1.82, 2.24) is 9.71 Å². The van der Waals surface area contributed by atoms with Gasteiger partial charge >= 0.3 is 0 Å². The maximum Gasteiger partial charge on any atom is 0.244 e. The molecule has 1 aromatic rings. The molecule has 9 heteroatoms. The highest BCUT2D eigenvalue weighted by Gasteiger charge is 2.24. The number of carbonyl (C=O) groups excluding carboxylic acids is 1.